The van der Waals surface area contributed by atoms with Gasteiger partial charge in [0.1, 0.15) is 6.29 Å². The molecule has 0 rings (SSSR count). The third-order valence-corrected chi connectivity index (χ3v) is 3.40. The molecule has 0 aromatic carbocycles. The summed E-state index contributed by atoms with van der Waals surface area (Å²) in [6.45, 7) is 5.60. The molecule has 0 radical (unpaired) electrons. The average Bonchev–Trinajstić information content (AvgIpc) is 2.30. The number of rotatable bonds is 12. The summed E-state index contributed by atoms with van der Waals surface area (Å²) in [7, 11) is 4.27. The van der Waals surface area contributed by atoms with Crippen molar-refractivity contribution in [3.05, 3.63) is 0 Å². The number of aldehydes is 1. The van der Waals surface area contributed by atoms with Gasteiger partial charge in [-0.15, -0.1) is 0 Å². The Kier molecular flexibility index (Phi) is 11.5. The minimum atomic E-state index is 0.304. The van der Waals surface area contributed by atoms with Crippen LogP contribution in [0.1, 0.15) is 65.2 Å². The maximum atomic E-state index is 10.9. The fraction of sp³-hybridized carbons (Fsp3) is 0.938. The summed E-state index contributed by atoms with van der Waals surface area (Å²) in [5.74, 6) is 0.949. The molecule has 2 nitrogen and oxygen atoms in total. The Bertz CT molecular complexity index is 190. The Morgan fingerprint density at radius 2 is 1.50 bits per heavy atom. The van der Waals surface area contributed by atoms with E-state index in [-0.39, 0.29) is 0 Å². The Morgan fingerprint density at radius 1 is 0.944 bits per heavy atom. The summed E-state index contributed by atoms with van der Waals surface area (Å²) in [5.41, 5.74) is 0. The molecular formula is C16H33NO. The number of hydrogen-bond acceptors (Lipinski definition) is 2. The van der Waals surface area contributed by atoms with Crippen LogP contribution in [0, 0.1) is 11.8 Å². The molecule has 0 amide bonds. The molecule has 1 atom stereocenters. The van der Waals surface area contributed by atoms with Crippen LogP contribution in [0.25, 0.3) is 0 Å². The first-order valence-corrected chi connectivity index (χ1v) is 7.66. The highest BCUT2D eigenvalue weighted by atomic mass is 16.1. The predicted octanol–water partition coefficient (Wildman–Crippen LogP) is 4.14. The molecule has 0 aliphatic rings. The van der Waals surface area contributed by atoms with Crippen molar-refractivity contribution in [2.45, 2.75) is 65.2 Å². The lowest BCUT2D eigenvalue weighted by Gasteiger charge is -2.12. The predicted molar refractivity (Wildman–Crippen MR) is 79.9 cm³/mol. The molecule has 0 saturated carbocycles. The van der Waals surface area contributed by atoms with E-state index in [0.717, 1.165) is 19.1 Å². The van der Waals surface area contributed by atoms with Crippen molar-refractivity contribution in [1.29, 1.82) is 0 Å². The van der Waals surface area contributed by atoms with Gasteiger partial charge in [0.15, 0.2) is 0 Å². The van der Waals surface area contributed by atoms with E-state index in [1.165, 1.54) is 45.1 Å². The van der Waals surface area contributed by atoms with Crippen molar-refractivity contribution in [1.82, 2.24) is 4.90 Å². The zero-order chi connectivity index (χ0) is 13.8. The van der Waals surface area contributed by atoms with Gasteiger partial charge in [0.25, 0.3) is 0 Å². The first kappa shape index (κ1) is 17.6. The van der Waals surface area contributed by atoms with Crippen molar-refractivity contribution >= 4 is 6.29 Å². The van der Waals surface area contributed by atoms with Gasteiger partial charge in [0.05, 0.1) is 0 Å². The smallest absolute Gasteiger partial charge is 0.123 e. The molecule has 0 aromatic heterocycles. The minimum absolute atomic E-state index is 0.304. The third-order valence-electron chi connectivity index (χ3n) is 3.40. The van der Waals surface area contributed by atoms with Crippen LogP contribution >= 0.6 is 0 Å². The second-order valence-corrected chi connectivity index (χ2v) is 6.24. The van der Waals surface area contributed by atoms with Gasteiger partial charge < -0.3 is 9.69 Å². The van der Waals surface area contributed by atoms with Gasteiger partial charge in [0.2, 0.25) is 0 Å². The molecule has 0 fully saturated rings. The summed E-state index contributed by atoms with van der Waals surface area (Å²) in [6.07, 6.45) is 11.2. The highest BCUT2D eigenvalue weighted by Crippen LogP contribution is 2.17. The van der Waals surface area contributed by atoms with E-state index in [0.29, 0.717) is 11.8 Å². The number of carbonyl (C=O) groups excluding carboxylic acids is 1. The van der Waals surface area contributed by atoms with E-state index < -0.39 is 0 Å². The molecule has 0 aromatic rings. The van der Waals surface area contributed by atoms with Gasteiger partial charge in [-0.2, -0.15) is 0 Å². The molecule has 0 heterocycles. The number of unbranched alkanes of at least 4 members (excludes halogenated alkanes) is 5. The van der Waals surface area contributed by atoms with Crippen molar-refractivity contribution in [3.63, 3.8) is 0 Å². The monoisotopic (exact) mass is 255 g/mol. The standard InChI is InChI=1S/C16H33NO/c1-15(2)13-16(14-18)11-9-7-5-6-8-10-12-17(3)4/h14-16H,5-13H2,1-4H3/t16-/m0/s1. The van der Waals surface area contributed by atoms with E-state index in [9.17, 15) is 4.79 Å². The minimum Gasteiger partial charge on any atom is -0.309 e. The molecule has 0 N–H and O–H groups in total. The van der Waals surface area contributed by atoms with E-state index in [1.54, 1.807) is 0 Å². The molecule has 2 heteroatoms. The summed E-state index contributed by atoms with van der Waals surface area (Å²) >= 11 is 0. The maximum absolute atomic E-state index is 10.9. The molecule has 0 aliphatic heterocycles. The molecule has 0 unspecified atom stereocenters. The van der Waals surface area contributed by atoms with Crippen LogP contribution in [0.5, 0.6) is 0 Å². The Hall–Kier alpha value is -0.370. The van der Waals surface area contributed by atoms with E-state index in [1.807, 2.05) is 0 Å². The van der Waals surface area contributed by atoms with E-state index >= 15 is 0 Å². The second-order valence-electron chi connectivity index (χ2n) is 6.24. The van der Waals surface area contributed by atoms with Gasteiger partial charge in [-0.25, -0.2) is 0 Å². The molecule has 0 aliphatic carbocycles. The first-order chi connectivity index (χ1) is 8.56. The SMILES string of the molecule is CC(C)C[C@@H](C=O)CCCCCCCCN(C)C. The van der Waals surface area contributed by atoms with Crippen molar-refractivity contribution in [2.75, 3.05) is 20.6 Å². The zero-order valence-corrected chi connectivity index (χ0v) is 13.0. The van der Waals surface area contributed by atoms with Crippen molar-refractivity contribution < 1.29 is 4.79 Å². The van der Waals surface area contributed by atoms with Crippen molar-refractivity contribution in [2.24, 2.45) is 11.8 Å². The Morgan fingerprint density at radius 3 is 2.00 bits per heavy atom. The van der Waals surface area contributed by atoms with Crippen LogP contribution in [0.15, 0.2) is 0 Å². The summed E-state index contributed by atoms with van der Waals surface area (Å²) in [4.78, 5) is 13.2. The summed E-state index contributed by atoms with van der Waals surface area (Å²) in [6, 6.07) is 0. The van der Waals surface area contributed by atoms with Crippen LogP contribution in [-0.2, 0) is 4.79 Å². The fourth-order valence-corrected chi connectivity index (χ4v) is 2.39. The van der Waals surface area contributed by atoms with E-state index in [4.69, 9.17) is 0 Å². The highest BCUT2D eigenvalue weighted by molar-refractivity contribution is 5.53. The number of nitrogens with zero attached hydrogens (tertiary/aromatic N) is 1. The largest absolute Gasteiger partial charge is 0.309 e. The lowest BCUT2D eigenvalue weighted by Crippen LogP contribution is -2.12. The molecule has 108 valence electrons. The summed E-state index contributed by atoms with van der Waals surface area (Å²) < 4.78 is 0. The van der Waals surface area contributed by atoms with Gasteiger partial charge >= 0.3 is 0 Å². The maximum Gasteiger partial charge on any atom is 0.123 e. The second kappa shape index (κ2) is 11.7. The van der Waals surface area contributed by atoms with Crippen LogP contribution in [0.4, 0.5) is 0 Å². The molecule has 0 spiro atoms. The number of hydrogen-bond donors (Lipinski definition) is 0. The third kappa shape index (κ3) is 12.1. The van der Waals surface area contributed by atoms with Gasteiger partial charge in [-0.3, -0.25) is 0 Å². The van der Waals surface area contributed by atoms with Gasteiger partial charge in [-0.1, -0.05) is 46.0 Å². The lowest BCUT2D eigenvalue weighted by atomic mass is 9.93. The van der Waals surface area contributed by atoms with Crippen molar-refractivity contribution in [3.8, 4) is 0 Å². The lowest BCUT2D eigenvalue weighted by molar-refractivity contribution is -0.111. The highest BCUT2D eigenvalue weighted by Gasteiger charge is 2.08. The van der Waals surface area contributed by atoms with Crippen LogP contribution < -0.4 is 0 Å². The topological polar surface area (TPSA) is 20.3 Å². The average molecular weight is 255 g/mol. The zero-order valence-electron chi connectivity index (χ0n) is 13.0. The quantitative estimate of drug-likeness (QED) is 0.386. The molecule has 18 heavy (non-hydrogen) atoms. The van der Waals surface area contributed by atoms with Crippen LogP contribution in [0.3, 0.4) is 0 Å². The normalized spacial score (nSPS) is 13.2. The molecular weight excluding hydrogens is 222 g/mol. The van der Waals surface area contributed by atoms with E-state index in [2.05, 4.69) is 32.8 Å². The first-order valence-electron chi connectivity index (χ1n) is 7.66. The van der Waals surface area contributed by atoms with Gasteiger partial charge in [0, 0.05) is 5.92 Å². The molecule has 0 saturated heterocycles. The number of carbonyl (C=O) groups is 1. The Labute approximate surface area is 114 Å². The van der Waals surface area contributed by atoms with Crippen LogP contribution in [-0.4, -0.2) is 31.8 Å². The van der Waals surface area contributed by atoms with Crippen LogP contribution in [0.2, 0.25) is 0 Å². The van der Waals surface area contributed by atoms with Gasteiger partial charge in [-0.05, 0) is 45.8 Å². The fourth-order valence-electron chi connectivity index (χ4n) is 2.39. The molecule has 0 bridgehead atoms. The summed E-state index contributed by atoms with van der Waals surface area (Å²) in [5, 5.41) is 0. The Balaban J connectivity index is 3.30.